The van der Waals surface area contributed by atoms with Crippen molar-refractivity contribution in [1.29, 1.82) is 0 Å². The van der Waals surface area contributed by atoms with Crippen molar-refractivity contribution in [3.63, 3.8) is 0 Å². The number of carbonyl (C=O) groups is 2. The summed E-state index contributed by atoms with van der Waals surface area (Å²) in [7, 11) is 0. The third-order valence-electron chi connectivity index (χ3n) is 2.18. The van der Waals surface area contributed by atoms with Gasteiger partial charge in [0.2, 0.25) is 5.91 Å². The zero-order chi connectivity index (χ0) is 12.1. The van der Waals surface area contributed by atoms with Crippen LogP contribution >= 0.6 is 0 Å². The van der Waals surface area contributed by atoms with Crippen LogP contribution in [0, 0.1) is 5.41 Å². The molecule has 0 saturated carbocycles. The zero-order valence-electron chi connectivity index (χ0n) is 9.96. The Hall–Kier alpha value is -1.06. The Balaban J connectivity index is 4.31. The summed E-state index contributed by atoms with van der Waals surface area (Å²) in [6.45, 7) is 7.38. The Morgan fingerprint density at radius 2 is 1.87 bits per heavy atom. The van der Waals surface area contributed by atoms with Gasteiger partial charge in [-0.05, 0) is 11.8 Å². The summed E-state index contributed by atoms with van der Waals surface area (Å²) >= 11 is 0. The molecule has 0 unspecified atom stereocenters. The Kier molecular flexibility index (Phi) is 5.33. The van der Waals surface area contributed by atoms with Crippen molar-refractivity contribution in [3.8, 4) is 0 Å². The molecular weight excluding hydrogens is 194 g/mol. The molecule has 0 spiro atoms. The van der Waals surface area contributed by atoms with Gasteiger partial charge >= 0.3 is 5.97 Å². The Labute approximate surface area is 91.1 Å². The van der Waals surface area contributed by atoms with E-state index in [1.54, 1.807) is 20.8 Å². The van der Waals surface area contributed by atoms with Crippen molar-refractivity contribution in [2.45, 2.75) is 53.0 Å². The molecule has 15 heavy (non-hydrogen) atoms. The highest BCUT2D eigenvalue weighted by molar-refractivity contribution is 5.84. The fraction of sp³-hybridized carbons (Fsp3) is 0.818. The first-order valence-corrected chi connectivity index (χ1v) is 5.31. The van der Waals surface area contributed by atoms with E-state index in [4.69, 9.17) is 5.11 Å². The number of carboxylic acid groups (broad SMARTS) is 1. The predicted molar refractivity (Wildman–Crippen MR) is 58.5 cm³/mol. The lowest BCUT2D eigenvalue weighted by atomic mass is 9.86. The van der Waals surface area contributed by atoms with Gasteiger partial charge < -0.3 is 10.4 Å². The van der Waals surface area contributed by atoms with Crippen LogP contribution in [0.4, 0.5) is 0 Å². The highest BCUT2D eigenvalue weighted by Gasteiger charge is 2.32. The number of nitrogens with one attached hydrogen (secondary N) is 1. The first-order valence-electron chi connectivity index (χ1n) is 5.31. The van der Waals surface area contributed by atoms with Crippen LogP contribution < -0.4 is 5.32 Å². The molecule has 4 nitrogen and oxygen atoms in total. The van der Waals surface area contributed by atoms with Gasteiger partial charge in [0.15, 0.2) is 0 Å². The van der Waals surface area contributed by atoms with Gasteiger partial charge in [-0.3, -0.25) is 4.79 Å². The van der Waals surface area contributed by atoms with E-state index in [-0.39, 0.29) is 5.91 Å². The molecule has 0 aromatic carbocycles. The maximum atomic E-state index is 11.4. The maximum Gasteiger partial charge on any atom is 0.326 e. The summed E-state index contributed by atoms with van der Waals surface area (Å²) in [5, 5.41) is 11.5. The van der Waals surface area contributed by atoms with Crippen LogP contribution in [0.5, 0.6) is 0 Å². The number of rotatable bonds is 5. The standard InChI is InChI=1S/C11H21NO3/c1-5-6-7-8(13)12-9(10(14)15)11(2,3)4/h9H,5-7H2,1-4H3,(H,12,13)(H,14,15)/t9-/m0/s1. The normalized spacial score (nSPS) is 13.3. The average Bonchev–Trinajstić information content (AvgIpc) is 2.08. The number of hydrogen-bond acceptors (Lipinski definition) is 2. The Bertz CT molecular complexity index is 230. The van der Waals surface area contributed by atoms with Crippen molar-refractivity contribution in [1.82, 2.24) is 5.32 Å². The maximum absolute atomic E-state index is 11.4. The van der Waals surface area contributed by atoms with Crippen LogP contribution in [0.1, 0.15) is 47.0 Å². The van der Waals surface area contributed by atoms with E-state index in [9.17, 15) is 9.59 Å². The smallest absolute Gasteiger partial charge is 0.326 e. The first-order chi connectivity index (χ1) is 6.79. The topological polar surface area (TPSA) is 66.4 Å². The molecule has 0 aromatic rings. The average molecular weight is 215 g/mol. The lowest BCUT2D eigenvalue weighted by Gasteiger charge is -2.27. The molecule has 0 heterocycles. The van der Waals surface area contributed by atoms with E-state index < -0.39 is 17.4 Å². The summed E-state index contributed by atoms with van der Waals surface area (Å²) in [4.78, 5) is 22.3. The van der Waals surface area contributed by atoms with Gasteiger partial charge in [0.25, 0.3) is 0 Å². The highest BCUT2D eigenvalue weighted by Crippen LogP contribution is 2.19. The first kappa shape index (κ1) is 13.9. The van der Waals surface area contributed by atoms with Gasteiger partial charge in [-0.2, -0.15) is 0 Å². The monoisotopic (exact) mass is 215 g/mol. The summed E-state index contributed by atoms with van der Waals surface area (Å²) in [6.07, 6.45) is 2.12. The molecular formula is C11H21NO3. The zero-order valence-corrected chi connectivity index (χ0v) is 9.96. The molecule has 0 rings (SSSR count). The molecule has 0 radical (unpaired) electrons. The fourth-order valence-electron chi connectivity index (χ4n) is 1.22. The fourth-order valence-corrected chi connectivity index (χ4v) is 1.22. The van der Waals surface area contributed by atoms with Gasteiger partial charge in [-0.25, -0.2) is 4.79 Å². The van der Waals surface area contributed by atoms with E-state index in [1.807, 2.05) is 6.92 Å². The molecule has 2 N–H and O–H groups in total. The summed E-state index contributed by atoms with van der Waals surface area (Å²) in [5.74, 6) is -1.16. The molecule has 0 aliphatic rings. The van der Waals surface area contributed by atoms with E-state index in [0.29, 0.717) is 6.42 Å². The lowest BCUT2D eigenvalue weighted by Crippen LogP contribution is -2.49. The van der Waals surface area contributed by atoms with Crippen LogP contribution in [0.15, 0.2) is 0 Å². The highest BCUT2D eigenvalue weighted by atomic mass is 16.4. The largest absolute Gasteiger partial charge is 0.480 e. The Morgan fingerprint density at radius 3 is 2.20 bits per heavy atom. The van der Waals surface area contributed by atoms with Crippen LogP contribution in [0.3, 0.4) is 0 Å². The second kappa shape index (κ2) is 5.73. The van der Waals surface area contributed by atoms with Crippen molar-refractivity contribution < 1.29 is 14.7 Å². The molecule has 0 aliphatic carbocycles. The van der Waals surface area contributed by atoms with Gasteiger partial charge in [-0.1, -0.05) is 34.1 Å². The van der Waals surface area contributed by atoms with Crippen molar-refractivity contribution in [2.75, 3.05) is 0 Å². The van der Waals surface area contributed by atoms with Crippen molar-refractivity contribution in [2.24, 2.45) is 5.41 Å². The van der Waals surface area contributed by atoms with Gasteiger partial charge in [0.05, 0.1) is 0 Å². The third kappa shape index (κ3) is 5.40. The minimum absolute atomic E-state index is 0.181. The van der Waals surface area contributed by atoms with Crippen LogP contribution in [0.2, 0.25) is 0 Å². The summed E-state index contributed by atoms with van der Waals surface area (Å²) in [6, 6.07) is -0.818. The number of hydrogen-bond donors (Lipinski definition) is 2. The summed E-state index contributed by atoms with van der Waals surface area (Å²) in [5.41, 5.74) is -0.465. The van der Waals surface area contributed by atoms with Crippen LogP contribution in [0.25, 0.3) is 0 Å². The van der Waals surface area contributed by atoms with E-state index in [0.717, 1.165) is 12.8 Å². The van der Waals surface area contributed by atoms with Crippen molar-refractivity contribution in [3.05, 3.63) is 0 Å². The lowest BCUT2D eigenvalue weighted by molar-refractivity contribution is -0.144. The SMILES string of the molecule is CCCCC(=O)N[C@@H](C(=O)O)C(C)(C)C. The minimum atomic E-state index is -0.979. The van der Waals surface area contributed by atoms with Gasteiger partial charge in [0, 0.05) is 6.42 Å². The van der Waals surface area contributed by atoms with Gasteiger partial charge in [0.1, 0.15) is 6.04 Å². The molecule has 1 atom stereocenters. The minimum Gasteiger partial charge on any atom is -0.480 e. The number of unbranched alkanes of at least 4 members (excludes halogenated alkanes) is 1. The number of aliphatic carboxylic acids is 1. The van der Waals surface area contributed by atoms with E-state index in [2.05, 4.69) is 5.32 Å². The third-order valence-corrected chi connectivity index (χ3v) is 2.18. The predicted octanol–water partition coefficient (Wildman–Crippen LogP) is 1.79. The van der Waals surface area contributed by atoms with Crippen molar-refractivity contribution >= 4 is 11.9 Å². The second-order valence-corrected chi connectivity index (χ2v) is 4.81. The second-order valence-electron chi connectivity index (χ2n) is 4.81. The van der Waals surface area contributed by atoms with Crippen LogP contribution in [-0.2, 0) is 9.59 Å². The molecule has 1 amide bonds. The van der Waals surface area contributed by atoms with E-state index in [1.165, 1.54) is 0 Å². The number of carboxylic acids is 1. The molecule has 0 aromatic heterocycles. The number of carbonyl (C=O) groups excluding carboxylic acids is 1. The molecule has 88 valence electrons. The van der Waals surface area contributed by atoms with Crippen LogP contribution in [-0.4, -0.2) is 23.0 Å². The molecule has 0 bridgehead atoms. The van der Waals surface area contributed by atoms with Gasteiger partial charge in [-0.15, -0.1) is 0 Å². The molecule has 0 fully saturated rings. The Morgan fingerprint density at radius 1 is 1.33 bits per heavy atom. The van der Waals surface area contributed by atoms with E-state index >= 15 is 0 Å². The number of amides is 1. The molecule has 0 aliphatic heterocycles. The quantitative estimate of drug-likeness (QED) is 0.734. The summed E-state index contributed by atoms with van der Waals surface area (Å²) < 4.78 is 0. The molecule has 0 saturated heterocycles. The molecule has 4 heteroatoms.